The molecule has 7 nitrogen and oxygen atoms in total. The van der Waals surface area contributed by atoms with Gasteiger partial charge in [-0.25, -0.2) is 4.90 Å². The van der Waals surface area contributed by atoms with E-state index >= 15 is 0 Å². The van der Waals surface area contributed by atoms with Crippen LogP contribution in [0, 0.1) is 5.92 Å². The van der Waals surface area contributed by atoms with E-state index in [0.717, 1.165) is 35.2 Å². The molecule has 12 heteroatoms. The molecular formula is C21H19F3N2O5S2. The Hall–Kier alpha value is -2.60. The zero-order valence-corrected chi connectivity index (χ0v) is 19.4. The predicted molar refractivity (Wildman–Crippen MR) is 115 cm³/mol. The topological polar surface area (TPSA) is 85.7 Å². The fourth-order valence-corrected chi connectivity index (χ4v) is 7.29. The van der Waals surface area contributed by atoms with Crippen LogP contribution in [0.25, 0.3) is 0 Å². The number of benzene rings is 1. The SMILES string of the molecule is CCOC(=O)Cn1c2c(sc1=O)C(C)(C)C1C(=O)N(c3ccccc3C(F)(F)F)C(=O)C1S2. The van der Waals surface area contributed by atoms with Crippen LogP contribution in [0.5, 0.6) is 0 Å². The number of hydrogen-bond donors (Lipinski definition) is 0. The summed E-state index contributed by atoms with van der Waals surface area (Å²) in [6.07, 6.45) is -4.76. The van der Waals surface area contributed by atoms with Gasteiger partial charge in [-0.2, -0.15) is 13.2 Å². The van der Waals surface area contributed by atoms with Gasteiger partial charge in [-0.1, -0.05) is 49.1 Å². The average molecular weight is 501 g/mol. The van der Waals surface area contributed by atoms with Gasteiger partial charge in [0.05, 0.1) is 28.8 Å². The second-order valence-corrected chi connectivity index (χ2v) is 10.2. The van der Waals surface area contributed by atoms with Gasteiger partial charge in [0.1, 0.15) is 11.8 Å². The Morgan fingerprint density at radius 3 is 2.45 bits per heavy atom. The highest BCUT2D eigenvalue weighted by Crippen LogP contribution is 2.55. The number of thiazole rings is 1. The summed E-state index contributed by atoms with van der Waals surface area (Å²) in [7, 11) is 0. The molecule has 2 atom stereocenters. The van der Waals surface area contributed by atoms with Crippen LogP contribution >= 0.6 is 23.1 Å². The van der Waals surface area contributed by atoms with Crippen molar-refractivity contribution in [3.05, 3.63) is 44.4 Å². The molecule has 4 rings (SSSR count). The number of ether oxygens (including phenoxy) is 1. The predicted octanol–water partition coefficient (Wildman–Crippen LogP) is 3.43. The Kier molecular flexibility index (Phi) is 5.72. The third-order valence-electron chi connectivity index (χ3n) is 5.75. The molecule has 0 aliphatic carbocycles. The number of nitrogens with zero attached hydrogens (tertiary/aromatic N) is 2. The van der Waals surface area contributed by atoms with E-state index in [4.69, 9.17) is 4.74 Å². The second kappa shape index (κ2) is 8.01. The standard InChI is InChI=1S/C21H19F3N2O5S2/c1-4-31-12(27)9-25-18-15(33-19(25)30)20(2,3)13-14(32-18)17(29)26(16(13)28)11-8-6-5-7-10(11)21(22,23)24/h5-8,13-14H,4,9H2,1-3H3. The van der Waals surface area contributed by atoms with Crippen molar-refractivity contribution < 1.29 is 32.3 Å². The van der Waals surface area contributed by atoms with Crippen molar-refractivity contribution >= 4 is 46.6 Å². The summed E-state index contributed by atoms with van der Waals surface area (Å²) in [6, 6.07) is 4.44. The average Bonchev–Trinajstić information content (AvgIpc) is 3.17. The number of aromatic nitrogens is 1. The largest absolute Gasteiger partial charge is 0.465 e. The molecule has 33 heavy (non-hydrogen) atoms. The first-order chi connectivity index (χ1) is 15.4. The smallest absolute Gasteiger partial charge is 0.418 e. The minimum Gasteiger partial charge on any atom is -0.465 e. The number of anilines is 1. The summed E-state index contributed by atoms with van der Waals surface area (Å²) >= 11 is 1.79. The summed E-state index contributed by atoms with van der Waals surface area (Å²) in [5.41, 5.74) is -2.62. The van der Waals surface area contributed by atoms with Crippen molar-refractivity contribution in [3.8, 4) is 0 Å². The van der Waals surface area contributed by atoms with Gasteiger partial charge in [0.25, 0.3) is 0 Å². The maximum atomic E-state index is 13.6. The number of para-hydroxylation sites is 1. The number of halogens is 3. The molecule has 176 valence electrons. The number of thioether (sulfide) groups is 1. The van der Waals surface area contributed by atoms with Gasteiger partial charge >= 0.3 is 17.0 Å². The number of esters is 1. The Bertz CT molecular complexity index is 1220. The molecule has 0 N–H and O–H groups in total. The van der Waals surface area contributed by atoms with Gasteiger partial charge in [0, 0.05) is 10.3 Å². The molecule has 2 unspecified atom stereocenters. The number of rotatable bonds is 4. The molecule has 0 radical (unpaired) electrons. The number of hydrogen-bond acceptors (Lipinski definition) is 7. The van der Waals surface area contributed by atoms with E-state index in [1.807, 2.05) is 0 Å². The number of carbonyl (C=O) groups excluding carboxylic acids is 3. The minimum atomic E-state index is -4.76. The van der Waals surface area contributed by atoms with Crippen molar-refractivity contribution in [2.24, 2.45) is 5.92 Å². The van der Waals surface area contributed by atoms with Crippen LogP contribution in [0.4, 0.5) is 18.9 Å². The maximum Gasteiger partial charge on any atom is 0.418 e. The highest BCUT2D eigenvalue weighted by atomic mass is 32.2. The Morgan fingerprint density at radius 1 is 1.15 bits per heavy atom. The number of carbonyl (C=O) groups is 3. The van der Waals surface area contributed by atoms with Crippen molar-refractivity contribution in [1.29, 1.82) is 0 Å². The minimum absolute atomic E-state index is 0.129. The summed E-state index contributed by atoms with van der Waals surface area (Å²) in [4.78, 5) is 52.0. The molecular weight excluding hydrogens is 481 g/mol. The van der Waals surface area contributed by atoms with E-state index < -0.39 is 56.7 Å². The van der Waals surface area contributed by atoms with Crippen molar-refractivity contribution in [2.75, 3.05) is 11.5 Å². The van der Waals surface area contributed by atoms with E-state index in [2.05, 4.69) is 0 Å². The normalized spacial score (nSPS) is 21.7. The van der Waals surface area contributed by atoms with E-state index in [9.17, 15) is 32.3 Å². The summed E-state index contributed by atoms with van der Waals surface area (Å²) < 4.78 is 46.9. The Labute approximate surface area is 194 Å². The Morgan fingerprint density at radius 2 is 1.82 bits per heavy atom. The van der Waals surface area contributed by atoms with E-state index in [1.165, 1.54) is 16.7 Å². The lowest BCUT2D eigenvalue weighted by Crippen LogP contribution is -2.42. The van der Waals surface area contributed by atoms with Gasteiger partial charge in [-0.3, -0.25) is 23.7 Å². The third-order valence-corrected chi connectivity index (χ3v) is 8.57. The lowest BCUT2D eigenvalue weighted by molar-refractivity contribution is -0.144. The fourth-order valence-electron chi connectivity index (χ4n) is 4.25. The van der Waals surface area contributed by atoms with Gasteiger partial charge in [0.2, 0.25) is 11.8 Å². The molecule has 2 amide bonds. The lowest BCUT2D eigenvalue weighted by Gasteiger charge is -2.36. The van der Waals surface area contributed by atoms with Gasteiger partial charge in [-0.05, 0) is 19.1 Å². The van der Waals surface area contributed by atoms with E-state index in [1.54, 1.807) is 20.8 Å². The highest BCUT2D eigenvalue weighted by Gasteiger charge is 2.60. The molecule has 1 fully saturated rings. The number of imide groups is 1. The zero-order chi connectivity index (χ0) is 24.3. The second-order valence-electron chi connectivity index (χ2n) is 8.16. The quantitative estimate of drug-likeness (QED) is 0.472. The van der Waals surface area contributed by atoms with E-state index in [0.29, 0.717) is 14.8 Å². The fraction of sp³-hybridized carbons (Fsp3) is 0.429. The van der Waals surface area contributed by atoms with Crippen LogP contribution in [0.15, 0.2) is 34.1 Å². The third kappa shape index (κ3) is 3.68. The zero-order valence-electron chi connectivity index (χ0n) is 17.8. The number of fused-ring (bicyclic) bond motifs is 2. The van der Waals surface area contributed by atoms with Crippen LogP contribution in [0.1, 0.15) is 31.2 Å². The van der Waals surface area contributed by atoms with Crippen LogP contribution in [-0.2, 0) is 37.3 Å². The van der Waals surface area contributed by atoms with Crippen molar-refractivity contribution in [3.63, 3.8) is 0 Å². The van der Waals surface area contributed by atoms with Crippen LogP contribution < -0.4 is 9.77 Å². The molecule has 1 aromatic carbocycles. The van der Waals surface area contributed by atoms with Gasteiger partial charge in [0.15, 0.2) is 0 Å². The maximum absolute atomic E-state index is 13.6. The van der Waals surface area contributed by atoms with Gasteiger partial charge in [-0.15, -0.1) is 0 Å². The van der Waals surface area contributed by atoms with Gasteiger partial charge < -0.3 is 4.74 Å². The monoisotopic (exact) mass is 500 g/mol. The van der Waals surface area contributed by atoms with Crippen molar-refractivity contribution in [2.45, 2.75) is 49.2 Å². The molecule has 0 saturated carbocycles. The first kappa shape index (κ1) is 23.6. The van der Waals surface area contributed by atoms with Crippen LogP contribution in [-0.4, -0.2) is 34.2 Å². The van der Waals surface area contributed by atoms with E-state index in [-0.39, 0.29) is 13.2 Å². The summed E-state index contributed by atoms with van der Waals surface area (Å²) in [5.74, 6) is -3.14. The highest BCUT2D eigenvalue weighted by molar-refractivity contribution is 8.00. The summed E-state index contributed by atoms with van der Waals surface area (Å²) in [6.45, 7) is 4.75. The van der Waals surface area contributed by atoms with Crippen LogP contribution in [0.2, 0.25) is 0 Å². The molecule has 3 heterocycles. The molecule has 1 saturated heterocycles. The molecule has 2 aliphatic rings. The molecule has 0 bridgehead atoms. The van der Waals surface area contributed by atoms with Crippen molar-refractivity contribution in [1.82, 2.24) is 4.57 Å². The number of alkyl halides is 3. The Balaban J connectivity index is 1.79. The summed E-state index contributed by atoms with van der Waals surface area (Å²) in [5, 5.41) is -0.680. The first-order valence-corrected chi connectivity index (χ1v) is 11.7. The molecule has 0 spiro atoms. The molecule has 1 aromatic heterocycles. The molecule has 2 aliphatic heterocycles. The lowest BCUT2D eigenvalue weighted by atomic mass is 9.76. The molecule has 2 aromatic rings. The first-order valence-electron chi connectivity index (χ1n) is 10.00. The number of amides is 2. The van der Waals surface area contributed by atoms with Crippen LogP contribution in [0.3, 0.4) is 0 Å².